The maximum absolute atomic E-state index is 11.1. The van der Waals surface area contributed by atoms with Gasteiger partial charge in [0, 0.05) is 12.6 Å². The summed E-state index contributed by atoms with van der Waals surface area (Å²) < 4.78 is 0. The van der Waals surface area contributed by atoms with Gasteiger partial charge >= 0.3 is 0 Å². The molecule has 0 saturated heterocycles. The molecule has 0 unspecified atom stereocenters. The van der Waals surface area contributed by atoms with E-state index in [0.29, 0.717) is 17.8 Å². The number of nitro benzene ring substituents is 1. The molecule has 0 aliphatic heterocycles. The third-order valence-electron chi connectivity index (χ3n) is 3.41. The number of hydrogen-bond acceptors (Lipinski definition) is 4. The lowest BCUT2D eigenvalue weighted by atomic mass is 10.1. The quantitative estimate of drug-likeness (QED) is 0.631. The third kappa shape index (κ3) is 3.58. The maximum atomic E-state index is 11.1. The SMILES string of the molecule is CCc1ccccc1CNc1cc(CO)ccc1[N+](=O)[O-]. The Morgan fingerprint density at radius 2 is 1.90 bits per heavy atom. The van der Waals surface area contributed by atoms with Crippen molar-refractivity contribution in [3.05, 3.63) is 69.3 Å². The molecule has 0 heterocycles. The zero-order chi connectivity index (χ0) is 15.2. The summed E-state index contributed by atoms with van der Waals surface area (Å²) in [6.45, 7) is 2.45. The number of aliphatic hydroxyl groups is 1. The molecule has 0 amide bonds. The molecule has 0 spiro atoms. The van der Waals surface area contributed by atoms with Gasteiger partial charge in [0.1, 0.15) is 5.69 Å². The van der Waals surface area contributed by atoms with Gasteiger partial charge in [0.05, 0.1) is 11.5 Å². The Morgan fingerprint density at radius 3 is 2.52 bits per heavy atom. The van der Waals surface area contributed by atoms with Gasteiger partial charge in [0.2, 0.25) is 0 Å². The van der Waals surface area contributed by atoms with Crippen LogP contribution in [0.4, 0.5) is 11.4 Å². The number of nitrogens with one attached hydrogen (secondary N) is 1. The first kappa shape index (κ1) is 15.0. The Kier molecular flexibility index (Phi) is 4.90. The average Bonchev–Trinajstić information content (AvgIpc) is 2.52. The Bertz CT molecular complexity index is 641. The molecule has 21 heavy (non-hydrogen) atoms. The van der Waals surface area contributed by atoms with Crippen LogP contribution < -0.4 is 5.32 Å². The van der Waals surface area contributed by atoms with Crippen LogP contribution in [0.1, 0.15) is 23.6 Å². The number of nitro groups is 1. The van der Waals surface area contributed by atoms with E-state index in [1.54, 1.807) is 12.1 Å². The molecule has 2 rings (SSSR count). The van der Waals surface area contributed by atoms with Crippen molar-refractivity contribution >= 4 is 11.4 Å². The van der Waals surface area contributed by atoms with Crippen LogP contribution >= 0.6 is 0 Å². The normalized spacial score (nSPS) is 10.4. The van der Waals surface area contributed by atoms with Crippen molar-refractivity contribution in [2.75, 3.05) is 5.32 Å². The molecule has 5 heteroatoms. The highest BCUT2D eigenvalue weighted by molar-refractivity contribution is 5.63. The number of hydrogen-bond donors (Lipinski definition) is 2. The molecule has 0 atom stereocenters. The molecule has 0 aliphatic carbocycles. The summed E-state index contributed by atoms with van der Waals surface area (Å²) in [5.41, 5.74) is 3.42. The molecule has 0 aliphatic rings. The summed E-state index contributed by atoms with van der Waals surface area (Å²) in [5.74, 6) is 0. The topological polar surface area (TPSA) is 75.4 Å². The first-order valence-corrected chi connectivity index (χ1v) is 6.84. The van der Waals surface area contributed by atoms with Gasteiger partial charge in [0.25, 0.3) is 5.69 Å². The fourth-order valence-corrected chi connectivity index (χ4v) is 2.25. The molecule has 2 aromatic rings. The minimum atomic E-state index is -0.421. The van der Waals surface area contributed by atoms with E-state index < -0.39 is 4.92 Å². The van der Waals surface area contributed by atoms with Crippen molar-refractivity contribution < 1.29 is 10.0 Å². The molecule has 0 fully saturated rings. The second-order valence-electron chi connectivity index (χ2n) is 4.74. The van der Waals surface area contributed by atoms with Crippen molar-refractivity contribution in [1.29, 1.82) is 0 Å². The molecular weight excluding hydrogens is 268 g/mol. The van der Waals surface area contributed by atoms with Gasteiger partial charge < -0.3 is 10.4 Å². The largest absolute Gasteiger partial charge is 0.392 e. The smallest absolute Gasteiger partial charge is 0.292 e. The monoisotopic (exact) mass is 286 g/mol. The number of nitrogens with zero attached hydrogens (tertiary/aromatic N) is 1. The molecule has 110 valence electrons. The van der Waals surface area contributed by atoms with Crippen molar-refractivity contribution in [2.45, 2.75) is 26.5 Å². The molecule has 5 nitrogen and oxygen atoms in total. The predicted octanol–water partition coefficient (Wildman–Crippen LogP) is 3.26. The maximum Gasteiger partial charge on any atom is 0.292 e. The van der Waals surface area contributed by atoms with Crippen LogP contribution in [0.5, 0.6) is 0 Å². The Hall–Kier alpha value is -2.40. The van der Waals surface area contributed by atoms with Crippen molar-refractivity contribution in [1.82, 2.24) is 0 Å². The molecule has 0 bridgehead atoms. The van der Waals surface area contributed by atoms with E-state index >= 15 is 0 Å². The zero-order valence-electron chi connectivity index (χ0n) is 11.9. The number of benzene rings is 2. The highest BCUT2D eigenvalue weighted by Crippen LogP contribution is 2.26. The molecule has 0 saturated carbocycles. The summed E-state index contributed by atoms with van der Waals surface area (Å²) in [7, 11) is 0. The summed E-state index contributed by atoms with van der Waals surface area (Å²) in [6, 6.07) is 12.6. The number of rotatable bonds is 6. The average molecular weight is 286 g/mol. The second kappa shape index (κ2) is 6.85. The van der Waals surface area contributed by atoms with Crippen LogP contribution in [-0.4, -0.2) is 10.0 Å². The van der Waals surface area contributed by atoms with E-state index in [2.05, 4.69) is 18.3 Å². The predicted molar refractivity (Wildman–Crippen MR) is 82.2 cm³/mol. The van der Waals surface area contributed by atoms with Gasteiger partial charge in [-0.3, -0.25) is 10.1 Å². The van der Waals surface area contributed by atoms with Crippen molar-refractivity contribution in [2.24, 2.45) is 0 Å². The summed E-state index contributed by atoms with van der Waals surface area (Å²) in [6.07, 6.45) is 0.913. The summed E-state index contributed by atoms with van der Waals surface area (Å²) in [5, 5.41) is 23.3. The zero-order valence-corrected chi connectivity index (χ0v) is 11.9. The van der Waals surface area contributed by atoms with E-state index in [1.165, 1.54) is 11.6 Å². The summed E-state index contributed by atoms with van der Waals surface area (Å²) in [4.78, 5) is 10.6. The van der Waals surface area contributed by atoms with Gasteiger partial charge in [-0.2, -0.15) is 0 Å². The van der Waals surface area contributed by atoms with E-state index in [0.717, 1.165) is 12.0 Å². The van der Waals surface area contributed by atoms with E-state index in [-0.39, 0.29) is 12.3 Å². The molecule has 0 aromatic heterocycles. The van der Waals surface area contributed by atoms with Gasteiger partial charge in [-0.15, -0.1) is 0 Å². The van der Waals surface area contributed by atoms with E-state index in [9.17, 15) is 10.1 Å². The second-order valence-corrected chi connectivity index (χ2v) is 4.74. The number of aliphatic hydroxyl groups excluding tert-OH is 1. The van der Waals surface area contributed by atoms with Gasteiger partial charge in [0.15, 0.2) is 0 Å². The van der Waals surface area contributed by atoms with Crippen molar-refractivity contribution in [3.8, 4) is 0 Å². The number of anilines is 1. The van der Waals surface area contributed by atoms with Crippen LogP contribution in [0.3, 0.4) is 0 Å². The standard InChI is InChI=1S/C16H18N2O3/c1-2-13-5-3-4-6-14(13)10-17-15-9-12(11-19)7-8-16(15)18(20)21/h3-9,17,19H,2,10-11H2,1H3. The highest BCUT2D eigenvalue weighted by Gasteiger charge is 2.14. The molecule has 2 aromatic carbocycles. The Morgan fingerprint density at radius 1 is 1.19 bits per heavy atom. The fourth-order valence-electron chi connectivity index (χ4n) is 2.25. The first-order valence-electron chi connectivity index (χ1n) is 6.84. The minimum Gasteiger partial charge on any atom is -0.392 e. The first-order chi connectivity index (χ1) is 10.2. The number of aryl methyl sites for hydroxylation is 1. The molecule has 2 N–H and O–H groups in total. The molecule has 0 radical (unpaired) electrons. The lowest BCUT2D eigenvalue weighted by Crippen LogP contribution is -2.05. The Balaban J connectivity index is 2.24. The van der Waals surface area contributed by atoms with Gasteiger partial charge in [-0.1, -0.05) is 31.2 Å². The minimum absolute atomic E-state index is 0.0150. The van der Waals surface area contributed by atoms with Crippen LogP contribution in [-0.2, 0) is 19.6 Å². The van der Waals surface area contributed by atoms with Crippen LogP contribution in [0.2, 0.25) is 0 Å². The highest BCUT2D eigenvalue weighted by atomic mass is 16.6. The molecular formula is C16H18N2O3. The third-order valence-corrected chi connectivity index (χ3v) is 3.41. The van der Waals surface area contributed by atoms with E-state index in [1.807, 2.05) is 18.2 Å². The lowest BCUT2D eigenvalue weighted by Gasteiger charge is -2.11. The van der Waals surface area contributed by atoms with Gasteiger partial charge in [-0.25, -0.2) is 0 Å². The lowest BCUT2D eigenvalue weighted by molar-refractivity contribution is -0.384. The van der Waals surface area contributed by atoms with Crippen molar-refractivity contribution in [3.63, 3.8) is 0 Å². The van der Waals surface area contributed by atoms with Gasteiger partial charge in [-0.05, 0) is 35.2 Å². The van der Waals surface area contributed by atoms with Crippen LogP contribution in [0.25, 0.3) is 0 Å². The van der Waals surface area contributed by atoms with Crippen LogP contribution in [0, 0.1) is 10.1 Å². The fraction of sp³-hybridized carbons (Fsp3) is 0.250. The summed E-state index contributed by atoms with van der Waals surface area (Å²) >= 11 is 0. The van der Waals surface area contributed by atoms with E-state index in [4.69, 9.17) is 5.11 Å². The Labute approximate surface area is 123 Å². The van der Waals surface area contributed by atoms with Crippen LogP contribution in [0.15, 0.2) is 42.5 Å².